The van der Waals surface area contributed by atoms with Crippen molar-refractivity contribution < 1.29 is 13.2 Å². The molecule has 1 fully saturated rings. The van der Waals surface area contributed by atoms with Crippen LogP contribution in [0.1, 0.15) is 50.3 Å². The number of rotatable bonds is 6. The number of hydrogen-bond acceptors (Lipinski definition) is 4. The molecule has 0 atom stereocenters. The van der Waals surface area contributed by atoms with E-state index in [4.69, 9.17) is 11.6 Å². The van der Waals surface area contributed by atoms with Crippen molar-refractivity contribution in [1.29, 1.82) is 0 Å². The molecule has 0 spiro atoms. The van der Waals surface area contributed by atoms with Gasteiger partial charge in [0, 0.05) is 28.5 Å². The molecule has 0 saturated heterocycles. The van der Waals surface area contributed by atoms with Crippen LogP contribution < -0.4 is 5.69 Å². The van der Waals surface area contributed by atoms with E-state index in [0.717, 1.165) is 30.5 Å². The summed E-state index contributed by atoms with van der Waals surface area (Å²) < 4.78 is 42.7. The Bertz CT molecular complexity index is 1400. The Labute approximate surface area is 204 Å². The molecular formula is C25H23ClF3N5O. The summed E-state index contributed by atoms with van der Waals surface area (Å²) in [4.78, 5) is 13.2. The lowest BCUT2D eigenvalue weighted by molar-refractivity contribution is -0.137. The number of benzene rings is 2. The molecule has 1 saturated carbocycles. The number of alkyl halides is 3. The minimum Gasteiger partial charge on any atom is -0.272 e. The fourth-order valence-corrected chi connectivity index (χ4v) is 4.36. The molecule has 6 nitrogen and oxygen atoms in total. The second-order valence-electron chi connectivity index (χ2n) is 9.47. The molecule has 2 aromatic carbocycles. The van der Waals surface area contributed by atoms with Crippen LogP contribution in [0.3, 0.4) is 0 Å². The van der Waals surface area contributed by atoms with Crippen LogP contribution >= 0.6 is 11.6 Å². The van der Waals surface area contributed by atoms with Crippen LogP contribution in [0.5, 0.6) is 0 Å². The Morgan fingerprint density at radius 2 is 1.71 bits per heavy atom. The summed E-state index contributed by atoms with van der Waals surface area (Å²) in [6.45, 7) is 3.81. The van der Waals surface area contributed by atoms with E-state index in [1.54, 1.807) is 22.8 Å². The van der Waals surface area contributed by atoms with Gasteiger partial charge in [0.2, 0.25) is 0 Å². The molecule has 35 heavy (non-hydrogen) atoms. The van der Waals surface area contributed by atoms with Gasteiger partial charge in [-0.1, -0.05) is 43.6 Å². The highest BCUT2D eigenvalue weighted by Gasteiger charge is 2.36. The monoisotopic (exact) mass is 501 g/mol. The molecule has 10 heteroatoms. The van der Waals surface area contributed by atoms with Gasteiger partial charge in [-0.2, -0.15) is 23.4 Å². The molecule has 2 aliphatic rings. The van der Waals surface area contributed by atoms with E-state index in [9.17, 15) is 18.0 Å². The molecule has 0 amide bonds. The van der Waals surface area contributed by atoms with E-state index < -0.39 is 17.2 Å². The molecule has 2 heterocycles. The Kier molecular flexibility index (Phi) is 5.70. The van der Waals surface area contributed by atoms with Crippen molar-refractivity contribution in [3.05, 3.63) is 75.2 Å². The fourth-order valence-electron chi connectivity index (χ4n) is 4.23. The fraction of sp³-hybridized carbons (Fsp3) is 0.360. The summed E-state index contributed by atoms with van der Waals surface area (Å²) in [5.74, 6) is 0.582. The average Bonchev–Trinajstić information content (AvgIpc) is 3.44. The lowest BCUT2D eigenvalue weighted by Gasteiger charge is -2.26. The van der Waals surface area contributed by atoms with Crippen molar-refractivity contribution in [3.63, 3.8) is 0 Å². The summed E-state index contributed by atoms with van der Waals surface area (Å²) in [7, 11) is 0. The van der Waals surface area contributed by atoms with Gasteiger partial charge in [0.1, 0.15) is 0 Å². The van der Waals surface area contributed by atoms with E-state index in [1.165, 1.54) is 10.7 Å². The van der Waals surface area contributed by atoms with Crippen molar-refractivity contribution in [2.75, 3.05) is 0 Å². The average molecular weight is 502 g/mol. The topological polar surface area (TPSA) is 64.5 Å². The molecule has 0 unspecified atom stereocenters. The van der Waals surface area contributed by atoms with Crippen molar-refractivity contribution in [2.24, 2.45) is 10.2 Å². The first-order valence-electron chi connectivity index (χ1n) is 11.3. The zero-order valence-electron chi connectivity index (χ0n) is 19.2. The second kappa shape index (κ2) is 8.48. The molecule has 182 valence electrons. The van der Waals surface area contributed by atoms with Crippen LogP contribution in [0.4, 0.5) is 13.2 Å². The van der Waals surface area contributed by atoms with Gasteiger partial charge in [0.05, 0.1) is 23.5 Å². The molecule has 1 aliphatic carbocycles. The minimum atomic E-state index is -4.42. The molecular weight excluding hydrogens is 479 g/mol. The highest BCUT2D eigenvalue weighted by Crippen LogP contribution is 2.37. The highest BCUT2D eigenvalue weighted by molar-refractivity contribution is 6.30. The normalized spacial score (nSPS) is 16.4. The standard InChI is InChI=1S/C25H23ClF3N5O/c1-24(2,16-4-3-5-17(12-16)25(27,28)29)21-13-19(30-31-21)14-33-23(35)34(20-10-11-20)22(32-33)15-6-8-18(26)9-7-15/h3-9,12,20H,10-11,13-14H2,1-2H3. The summed E-state index contributed by atoms with van der Waals surface area (Å²) >= 11 is 6.01. The minimum absolute atomic E-state index is 0.124. The Morgan fingerprint density at radius 1 is 1.03 bits per heavy atom. The lowest BCUT2D eigenvalue weighted by Crippen LogP contribution is -2.31. The molecule has 0 bridgehead atoms. The highest BCUT2D eigenvalue weighted by atomic mass is 35.5. The molecule has 0 radical (unpaired) electrons. The smallest absolute Gasteiger partial charge is 0.272 e. The summed E-state index contributed by atoms with van der Waals surface area (Å²) in [5.41, 5.74) is 0.889. The third-order valence-corrected chi connectivity index (χ3v) is 6.79. The number of hydrogen-bond donors (Lipinski definition) is 0. The van der Waals surface area contributed by atoms with Crippen LogP contribution in [-0.4, -0.2) is 25.8 Å². The van der Waals surface area contributed by atoms with E-state index in [0.29, 0.717) is 34.3 Å². The lowest BCUT2D eigenvalue weighted by atomic mass is 9.78. The first-order valence-corrected chi connectivity index (χ1v) is 11.7. The second-order valence-corrected chi connectivity index (χ2v) is 9.90. The first-order chi connectivity index (χ1) is 16.5. The van der Waals surface area contributed by atoms with Gasteiger partial charge < -0.3 is 0 Å². The maximum absolute atomic E-state index is 13.2. The maximum atomic E-state index is 13.2. The third kappa shape index (κ3) is 4.57. The predicted molar refractivity (Wildman–Crippen MR) is 129 cm³/mol. The quantitative estimate of drug-likeness (QED) is 0.422. The number of aromatic nitrogens is 3. The van der Waals surface area contributed by atoms with Crippen molar-refractivity contribution in [3.8, 4) is 11.4 Å². The first kappa shape index (κ1) is 23.5. The van der Waals surface area contributed by atoms with Crippen LogP contribution in [0.15, 0.2) is 63.5 Å². The largest absolute Gasteiger partial charge is 0.416 e. The maximum Gasteiger partial charge on any atom is 0.416 e. The molecule has 1 aliphatic heterocycles. The number of halogens is 4. The zero-order chi connectivity index (χ0) is 25.0. The van der Waals surface area contributed by atoms with Crippen LogP contribution in [0.25, 0.3) is 11.4 Å². The molecule has 3 aromatic rings. The van der Waals surface area contributed by atoms with Gasteiger partial charge in [0.25, 0.3) is 0 Å². The van der Waals surface area contributed by atoms with E-state index in [2.05, 4.69) is 15.3 Å². The van der Waals surface area contributed by atoms with Crippen LogP contribution in [0.2, 0.25) is 5.02 Å². The molecule has 0 N–H and O–H groups in total. The zero-order valence-corrected chi connectivity index (χ0v) is 19.9. The van der Waals surface area contributed by atoms with Crippen molar-refractivity contribution >= 4 is 23.0 Å². The van der Waals surface area contributed by atoms with E-state index >= 15 is 0 Å². The summed E-state index contributed by atoms with van der Waals surface area (Å²) in [6, 6.07) is 12.6. The van der Waals surface area contributed by atoms with Crippen molar-refractivity contribution in [2.45, 2.75) is 57.3 Å². The van der Waals surface area contributed by atoms with Gasteiger partial charge in [-0.05, 0) is 48.7 Å². The summed E-state index contributed by atoms with van der Waals surface area (Å²) in [6.07, 6.45) is -2.23. The molecule has 1 aromatic heterocycles. The van der Waals surface area contributed by atoms with Gasteiger partial charge >= 0.3 is 11.9 Å². The predicted octanol–water partition coefficient (Wildman–Crippen LogP) is 5.90. The van der Waals surface area contributed by atoms with E-state index in [1.807, 2.05) is 26.0 Å². The summed E-state index contributed by atoms with van der Waals surface area (Å²) in [5, 5.41) is 13.7. The Balaban J connectivity index is 1.37. The van der Waals surface area contributed by atoms with Gasteiger partial charge in [-0.3, -0.25) is 4.57 Å². The van der Waals surface area contributed by atoms with Crippen LogP contribution in [0, 0.1) is 0 Å². The third-order valence-electron chi connectivity index (χ3n) is 6.53. The van der Waals surface area contributed by atoms with Gasteiger partial charge in [0.15, 0.2) is 5.82 Å². The van der Waals surface area contributed by atoms with Crippen molar-refractivity contribution in [1.82, 2.24) is 14.3 Å². The van der Waals surface area contributed by atoms with Gasteiger partial charge in [-0.15, -0.1) is 5.10 Å². The Morgan fingerprint density at radius 3 is 2.37 bits per heavy atom. The SMILES string of the molecule is CC(C)(C1=NN=C(Cn2nc(-c3ccc(Cl)cc3)n(C3CC3)c2=O)C1)c1cccc(C(F)(F)F)c1. The molecule has 5 rings (SSSR count). The van der Waals surface area contributed by atoms with E-state index in [-0.39, 0.29) is 18.3 Å². The van der Waals surface area contributed by atoms with Gasteiger partial charge in [-0.25, -0.2) is 9.48 Å². The number of nitrogens with zero attached hydrogens (tertiary/aromatic N) is 5. The Hall–Kier alpha value is -3.20. The van der Waals surface area contributed by atoms with Crippen LogP contribution in [-0.2, 0) is 18.1 Å².